The van der Waals surface area contributed by atoms with Crippen LogP contribution >= 0.6 is 0 Å². The number of methoxy groups -OCH3 is 1. The minimum absolute atomic E-state index is 0.132. The SMILES string of the molecule is CCNc1cc(NCCNS(=O)(=O)c2cc(C)ccc2OC)nc(C)n1. The van der Waals surface area contributed by atoms with E-state index >= 15 is 0 Å². The van der Waals surface area contributed by atoms with Crippen LogP contribution in [-0.4, -0.2) is 45.1 Å². The van der Waals surface area contributed by atoms with Crippen LogP contribution in [0.5, 0.6) is 5.75 Å². The molecule has 0 unspecified atom stereocenters. The average molecular weight is 379 g/mol. The summed E-state index contributed by atoms with van der Waals surface area (Å²) in [6.45, 7) is 6.97. The van der Waals surface area contributed by atoms with Crippen molar-refractivity contribution in [3.8, 4) is 5.75 Å². The van der Waals surface area contributed by atoms with Crippen molar-refractivity contribution in [2.24, 2.45) is 0 Å². The Labute approximate surface area is 154 Å². The normalized spacial score (nSPS) is 11.2. The fourth-order valence-electron chi connectivity index (χ4n) is 2.38. The van der Waals surface area contributed by atoms with Crippen LogP contribution in [0.1, 0.15) is 18.3 Å². The zero-order valence-electron chi connectivity index (χ0n) is 15.5. The number of rotatable bonds is 9. The van der Waals surface area contributed by atoms with Crippen LogP contribution in [-0.2, 0) is 10.0 Å². The lowest BCUT2D eigenvalue weighted by Crippen LogP contribution is -2.29. The van der Waals surface area contributed by atoms with Crippen molar-refractivity contribution in [1.82, 2.24) is 14.7 Å². The lowest BCUT2D eigenvalue weighted by Gasteiger charge is -2.12. The molecule has 0 radical (unpaired) electrons. The van der Waals surface area contributed by atoms with E-state index in [1.54, 1.807) is 31.2 Å². The minimum atomic E-state index is -3.67. The fraction of sp³-hybridized carbons (Fsp3) is 0.412. The summed E-state index contributed by atoms with van der Waals surface area (Å²) in [5.74, 6) is 2.32. The Morgan fingerprint density at radius 1 is 1.04 bits per heavy atom. The molecule has 0 aliphatic carbocycles. The van der Waals surface area contributed by atoms with Gasteiger partial charge in [0.05, 0.1) is 7.11 Å². The van der Waals surface area contributed by atoms with Gasteiger partial charge in [-0.1, -0.05) is 6.07 Å². The van der Waals surface area contributed by atoms with Gasteiger partial charge in [0.2, 0.25) is 10.0 Å². The monoisotopic (exact) mass is 379 g/mol. The molecule has 1 aromatic heterocycles. The van der Waals surface area contributed by atoms with Gasteiger partial charge in [0.25, 0.3) is 0 Å². The summed E-state index contributed by atoms with van der Waals surface area (Å²) >= 11 is 0. The highest BCUT2D eigenvalue weighted by Gasteiger charge is 2.19. The van der Waals surface area contributed by atoms with Gasteiger partial charge in [-0.3, -0.25) is 0 Å². The summed E-state index contributed by atoms with van der Waals surface area (Å²) in [7, 11) is -2.22. The Kier molecular flexibility index (Phi) is 6.76. The molecule has 0 saturated carbocycles. The molecule has 3 N–H and O–H groups in total. The van der Waals surface area contributed by atoms with E-state index in [4.69, 9.17) is 4.74 Å². The number of benzene rings is 1. The van der Waals surface area contributed by atoms with Crippen molar-refractivity contribution in [3.05, 3.63) is 35.7 Å². The highest BCUT2D eigenvalue weighted by atomic mass is 32.2. The van der Waals surface area contributed by atoms with Crippen molar-refractivity contribution < 1.29 is 13.2 Å². The molecule has 0 saturated heterocycles. The van der Waals surface area contributed by atoms with Crippen molar-refractivity contribution in [2.45, 2.75) is 25.7 Å². The molecular formula is C17H25N5O3S. The summed E-state index contributed by atoms with van der Waals surface area (Å²) in [5.41, 5.74) is 0.844. The number of ether oxygens (including phenoxy) is 1. The molecule has 0 bridgehead atoms. The van der Waals surface area contributed by atoms with Crippen LogP contribution in [0.3, 0.4) is 0 Å². The molecule has 1 heterocycles. The lowest BCUT2D eigenvalue weighted by molar-refractivity contribution is 0.402. The van der Waals surface area contributed by atoms with Crippen LogP contribution in [0, 0.1) is 13.8 Å². The number of aryl methyl sites for hydroxylation is 2. The van der Waals surface area contributed by atoms with Gasteiger partial charge in [-0.15, -0.1) is 0 Å². The van der Waals surface area contributed by atoms with Gasteiger partial charge >= 0.3 is 0 Å². The largest absolute Gasteiger partial charge is 0.495 e. The quantitative estimate of drug-likeness (QED) is 0.572. The van der Waals surface area contributed by atoms with E-state index in [0.717, 1.165) is 17.9 Å². The number of hydrogen-bond donors (Lipinski definition) is 3. The van der Waals surface area contributed by atoms with Crippen molar-refractivity contribution in [1.29, 1.82) is 0 Å². The molecule has 2 aromatic rings. The van der Waals surface area contributed by atoms with Crippen LogP contribution < -0.4 is 20.1 Å². The molecule has 9 heteroatoms. The van der Waals surface area contributed by atoms with Crippen molar-refractivity contribution >= 4 is 21.7 Å². The van der Waals surface area contributed by atoms with E-state index in [1.807, 2.05) is 13.8 Å². The summed E-state index contributed by atoms with van der Waals surface area (Å²) in [6, 6.07) is 6.83. The Balaban J connectivity index is 1.98. The van der Waals surface area contributed by atoms with E-state index in [9.17, 15) is 8.42 Å². The molecule has 0 spiro atoms. The number of nitrogens with zero attached hydrogens (tertiary/aromatic N) is 2. The molecule has 0 aliphatic rings. The van der Waals surface area contributed by atoms with Gasteiger partial charge in [-0.25, -0.2) is 23.1 Å². The van der Waals surface area contributed by atoms with Crippen molar-refractivity contribution in [3.63, 3.8) is 0 Å². The second kappa shape index (κ2) is 8.81. The summed E-state index contributed by atoms with van der Waals surface area (Å²) in [5, 5.41) is 6.23. The number of hydrogen-bond acceptors (Lipinski definition) is 7. The van der Waals surface area contributed by atoms with E-state index in [2.05, 4.69) is 25.3 Å². The number of aromatic nitrogens is 2. The second-order valence-corrected chi connectivity index (χ2v) is 7.43. The summed E-state index contributed by atoms with van der Waals surface area (Å²) < 4.78 is 32.8. The average Bonchev–Trinajstić information content (AvgIpc) is 2.58. The van der Waals surface area contributed by atoms with Gasteiger partial charge in [0.1, 0.15) is 28.1 Å². The molecular weight excluding hydrogens is 354 g/mol. The Hall–Kier alpha value is -2.39. The van der Waals surface area contributed by atoms with E-state index in [0.29, 0.717) is 23.9 Å². The minimum Gasteiger partial charge on any atom is -0.495 e. The van der Waals surface area contributed by atoms with Crippen LogP contribution in [0.4, 0.5) is 11.6 Å². The number of anilines is 2. The maximum Gasteiger partial charge on any atom is 0.244 e. The zero-order valence-corrected chi connectivity index (χ0v) is 16.3. The first-order valence-corrected chi connectivity index (χ1v) is 9.81. The van der Waals surface area contributed by atoms with Gasteiger partial charge in [0, 0.05) is 25.7 Å². The predicted octanol–water partition coefficient (Wildman–Crippen LogP) is 1.92. The molecule has 142 valence electrons. The van der Waals surface area contributed by atoms with Gasteiger partial charge < -0.3 is 15.4 Å². The Morgan fingerprint density at radius 2 is 1.73 bits per heavy atom. The zero-order chi connectivity index (χ0) is 19.2. The highest BCUT2D eigenvalue weighted by molar-refractivity contribution is 7.89. The third kappa shape index (κ3) is 5.30. The van der Waals surface area contributed by atoms with Crippen LogP contribution in [0.25, 0.3) is 0 Å². The Morgan fingerprint density at radius 3 is 2.38 bits per heavy atom. The standard InChI is InChI=1S/C17H25N5O3S/c1-5-18-16-11-17(22-13(3)21-16)19-8-9-20-26(23,24)15-10-12(2)6-7-14(15)25-4/h6-7,10-11,20H,5,8-9H2,1-4H3,(H2,18,19,21,22). The molecule has 1 aromatic carbocycles. The molecule has 0 fully saturated rings. The third-order valence-corrected chi connectivity index (χ3v) is 5.01. The first-order valence-electron chi connectivity index (χ1n) is 8.33. The maximum absolute atomic E-state index is 12.5. The molecule has 2 rings (SSSR count). The first kappa shape index (κ1) is 19.9. The van der Waals surface area contributed by atoms with Crippen molar-refractivity contribution in [2.75, 3.05) is 37.4 Å². The molecule has 26 heavy (non-hydrogen) atoms. The van der Waals surface area contributed by atoms with E-state index in [-0.39, 0.29) is 11.4 Å². The number of sulfonamides is 1. The van der Waals surface area contributed by atoms with Crippen LogP contribution in [0.2, 0.25) is 0 Å². The first-order chi connectivity index (χ1) is 12.4. The van der Waals surface area contributed by atoms with Gasteiger partial charge in [-0.2, -0.15) is 0 Å². The van der Waals surface area contributed by atoms with E-state index in [1.165, 1.54) is 7.11 Å². The van der Waals surface area contributed by atoms with Gasteiger partial charge in [-0.05, 0) is 38.5 Å². The molecule has 8 nitrogen and oxygen atoms in total. The smallest absolute Gasteiger partial charge is 0.244 e. The highest BCUT2D eigenvalue weighted by Crippen LogP contribution is 2.24. The predicted molar refractivity (Wildman–Crippen MR) is 102 cm³/mol. The Bertz CT molecular complexity index is 855. The topological polar surface area (TPSA) is 105 Å². The summed E-state index contributed by atoms with van der Waals surface area (Å²) in [6.07, 6.45) is 0. The maximum atomic E-state index is 12.5. The molecule has 0 amide bonds. The number of nitrogens with one attached hydrogen (secondary N) is 3. The van der Waals surface area contributed by atoms with Crippen LogP contribution in [0.15, 0.2) is 29.2 Å². The lowest BCUT2D eigenvalue weighted by atomic mass is 10.2. The van der Waals surface area contributed by atoms with E-state index < -0.39 is 10.0 Å². The molecule has 0 atom stereocenters. The molecule has 0 aliphatic heterocycles. The third-order valence-electron chi connectivity index (χ3n) is 3.53. The second-order valence-electron chi connectivity index (χ2n) is 5.69. The summed E-state index contributed by atoms with van der Waals surface area (Å²) in [4.78, 5) is 8.69. The van der Waals surface area contributed by atoms with Gasteiger partial charge in [0.15, 0.2) is 0 Å². The fourth-order valence-corrected chi connectivity index (χ4v) is 3.66.